The van der Waals surface area contributed by atoms with E-state index in [9.17, 15) is 0 Å². The van der Waals surface area contributed by atoms with Gasteiger partial charge in [0, 0.05) is 10.5 Å². The molecule has 0 saturated heterocycles. The predicted molar refractivity (Wildman–Crippen MR) is 81.8 cm³/mol. The molecule has 0 amide bonds. The molecule has 0 bridgehead atoms. The normalized spacial score (nSPS) is 17.8. The van der Waals surface area contributed by atoms with E-state index in [1.807, 2.05) is 0 Å². The number of hydrogen-bond acceptors (Lipinski definition) is 1. The molecule has 0 aromatic heterocycles. The van der Waals surface area contributed by atoms with Crippen molar-refractivity contribution in [3.05, 3.63) is 34.3 Å². The van der Waals surface area contributed by atoms with Crippen LogP contribution in [0.5, 0.6) is 0 Å². The fourth-order valence-electron chi connectivity index (χ4n) is 2.21. The Bertz CT molecular complexity index is 390. The maximum atomic E-state index is 3.69. The first-order valence-corrected chi connectivity index (χ1v) is 7.73. The van der Waals surface area contributed by atoms with Crippen molar-refractivity contribution in [2.75, 3.05) is 6.54 Å². The highest BCUT2D eigenvalue weighted by molar-refractivity contribution is 9.10. The predicted octanol–water partition coefficient (Wildman–Crippen LogP) is 4.41. The van der Waals surface area contributed by atoms with E-state index in [2.05, 4.69) is 66.3 Å². The van der Waals surface area contributed by atoms with Crippen LogP contribution in [0.3, 0.4) is 0 Å². The lowest BCUT2D eigenvalue weighted by atomic mass is 9.77. The van der Waals surface area contributed by atoms with Gasteiger partial charge in [0.05, 0.1) is 0 Å². The molecule has 1 aromatic carbocycles. The number of hydrogen-bond donors (Lipinski definition) is 1. The van der Waals surface area contributed by atoms with Crippen LogP contribution in [-0.4, -0.2) is 12.6 Å². The van der Waals surface area contributed by atoms with E-state index < -0.39 is 0 Å². The second kappa shape index (κ2) is 5.75. The van der Waals surface area contributed by atoms with Crippen molar-refractivity contribution in [2.45, 2.75) is 46.1 Å². The zero-order valence-electron chi connectivity index (χ0n) is 11.7. The van der Waals surface area contributed by atoms with Crippen molar-refractivity contribution in [1.29, 1.82) is 0 Å². The molecule has 1 atom stereocenters. The summed E-state index contributed by atoms with van der Waals surface area (Å²) in [6.07, 6.45) is 3.88. The van der Waals surface area contributed by atoms with E-state index in [-0.39, 0.29) is 0 Å². The van der Waals surface area contributed by atoms with Crippen LogP contribution in [-0.2, 0) is 6.42 Å². The second-order valence-corrected chi connectivity index (χ2v) is 7.40. The Balaban J connectivity index is 2.01. The Morgan fingerprint density at radius 3 is 2.50 bits per heavy atom. The third-order valence-corrected chi connectivity index (χ3v) is 4.65. The smallest absolute Gasteiger partial charge is 0.0207 e. The molecule has 18 heavy (non-hydrogen) atoms. The zero-order valence-corrected chi connectivity index (χ0v) is 13.3. The molecule has 1 nitrogen and oxygen atoms in total. The van der Waals surface area contributed by atoms with Crippen molar-refractivity contribution in [1.82, 2.24) is 5.32 Å². The summed E-state index contributed by atoms with van der Waals surface area (Å²) >= 11 is 3.66. The average molecular weight is 310 g/mol. The molecule has 1 aliphatic rings. The number of nitrogens with one attached hydrogen (secondary N) is 1. The fraction of sp³-hybridized carbons (Fsp3) is 0.625. The molecule has 1 unspecified atom stereocenters. The maximum absolute atomic E-state index is 3.69. The fourth-order valence-corrected chi connectivity index (χ4v) is 2.66. The zero-order chi connectivity index (χ0) is 13.2. The summed E-state index contributed by atoms with van der Waals surface area (Å²) in [6.45, 7) is 8.19. The monoisotopic (exact) mass is 309 g/mol. The Morgan fingerprint density at radius 2 is 1.94 bits per heavy atom. The SMILES string of the molecule is CC(C)(C)C(CNC1CC1)Cc1ccccc1Br. The van der Waals surface area contributed by atoms with Crippen LogP contribution in [0.2, 0.25) is 0 Å². The first-order chi connectivity index (χ1) is 8.47. The second-order valence-electron chi connectivity index (χ2n) is 6.54. The van der Waals surface area contributed by atoms with Crippen molar-refractivity contribution in [3.63, 3.8) is 0 Å². The van der Waals surface area contributed by atoms with Gasteiger partial charge < -0.3 is 5.32 Å². The van der Waals surface area contributed by atoms with Crippen molar-refractivity contribution in [2.24, 2.45) is 11.3 Å². The highest BCUT2D eigenvalue weighted by atomic mass is 79.9. The van der Waals surface area contributed by atoms with Crippen LogP contribution in [0.15, 0.2) is 28.7 Å². The van der Waals surface area contributed by atoms with Crippen molar-refractivity contribution >= 4 is 15.9 Å². The Morgan fingerprint density at radius 1 is 1.28 bits per heavy atom. The Labute approximate surface area is 119 Å². The van der Waals surface area contributed by atoms with E-state index in [4.69, 9.17) is 0 Å². The first-order valence-electron chi connectivity index (χ1n) is 6.93. The number of benzene rings is 1. The van der Waals surface area contributed by atoms with Crippen molar-refractivity contribution in [3.8, 4) is 0 Å². The molecule has 1 fully saturated rings. The molecule has 0 heterocycles. The van der Waals surface area contributed by atoms with Gasteiger partial charge in [-0.05, 0) is 48.8 Å². The van der Waals surface area contributed by atoms with E-state index in [0.29, 0.717) is 11.3 Å². The van der Waals surface area contributed by atoms with Gasteiger partial charge in [0.2, 0.25) is 0 Å². The van der Waals surface area contributed by atoms with Gasteiger partial charge in [-0.3, -0.25) is 0 Å². The molecule has 100 valence electrons. The molecular weight excluding hydrogens is 286 g/mol. The van der Waals surface area contributed by atoms with E-state index in [1.54, 1.807) is 0 Å². The summed E-state index contributed by atoms with van der Waals surface area (Å²) in [5.41, 5.74) is 1.77. The molecule has 0 radical (unpaired) electrons. The summed E-state index contributed by atoms with van der Waals surface area (Å²) in [7, 11) is 0. The largest absolute Gasteiger partial charge is 0.314 e. The molecule has 1 aliphatic carbocycles. The summed E-state index contributed by atoms with van der Waals surface area (Å²) in [5.74, 6) is 0.678. The highest BCUT2D eigenvalue weighted by Crippen LogP contribution is 2.31. The summed E-state index contributed by atoms with van der Waals surface area (Å²) in [6, 6.07) is 9.40. The van der Waals surface area contributed by atoms with Gasteiger partial charge in [-0.2, -0.15) is 0 Å². The van der Waals surface area contributed by atoms with Crippen LogP contribution in [0, 0.1) is 11.3 Å². The molecule has 1 saturated carbocycles. The van der Waals surface area contributed by atoms with Crippen molar-refractivity contribution < 1.29 is 0 Å². The highest BCUT2D eigenvalue weighted by Gasteiger charge is 2.28. The van der Waals surface area contributed by atoms with Crippen LogP contribution >= 0.6 is 15.9 Å². The third kappa shape index (κ3) is 4.10. The van der Waals surface area contributed by atoms with Crippen LogP contribution < -0.4 is 5.32 Å². The molecule has 2 rings (SSSR count). The lowest BCUT2D eigenvalue weighted by Gasteiger charge is -2.31. The molecule has 0 spiro atoms. The van der Waals surface area contributed by atoms with Crippen LogP contribution in [0.25, 0.3) is 0 Å². The van der Waals surface area contributed by atoms with E-state index >= 15 is 0 Å². The third-order valence-electron chi connectivity index (χ3n) is 3.88. The van der Waals surface area contributed by atoms with E-state index in [0.717, 1.165) is 19.0 Å². The Kier molecular flexibility index (Phi) is 4.50. The van der Waals surface area contributed by atoms with Crippen LogP contribution in [0.4, 0.5) is 0 Å². The minimum Gasteiger partial charge on any atom is -0.314 e. The maximum Gasteiger partial charge on any atom is 0.0207 e. The summed E-state index contributed by atoms with van der Waals surface area (Å²) < 4.78 is 1.24. The minimum absolute atomic E-state index is 0.344. The molecule has 1 aromatic rings. The summed E-state index contributed by atoms with van der Waals surface area (Å²) in [4.78, 5) is 0. The first kappa shape index (κ1) is 14.1. The van der Waals surface area contributed by atoms with Crippen LogP contribution in [0.1, 0.15) is 39.2 Å². The quantitative estimate of drug-likeness (QED) is 0.849. The van der Waals surface area contributed by atoms with E-state index in [1.165, 1.54) is 22.9 Å². The molecular formula is C16H24BrN. The minimum atomic E-state index is 0.344. The van der Waals surface area contributed by atoms with Gasteiger partial charge >= 0.3 is 0 Å². The summed E-state index contributed by atoms with van der Waals surface area (Å²) in [5, 5.41) is 3.69. The standard InChI is InChI=1S/C16H24BrN/c1-16(2,3)13(11-18-14-8-9-14)10-12-6-4-5-7-15(12)17/h4-7,13-14,18H,8-11H2,1-3H3. The number of halogens is 1. The van der Waals surface area contributed by atoms with Gasteiger partial charge in [0.15, 0.2) is 0 Å². The van der Waals surface area contributed by atoms with Gasteiger partial charge in [-0.15, -0.1) is 0 Å². The molecule has 2 heteroatoms. The topological polar surface area (TPSA) is 12.0 Å². The lowest BCUT2D eigenvalue weighted by molar-refractivity contribution is 0.230. The van der Waals surface area contributed by atoms with Gasteiger partial charge in [0.1, 0.15) is 0 Å². The van der Waals surface area contributed by atoms with Gasteiger partial charge in [0.25, 0.3) is 0 Å². The van der Waals surface area contributed by atoms with Gasteiger partial charge in [-0.25, -0.2) is 0 Å². The average Bonchev–Trinajstić information content (AvgIpc) is 3.08. The molecule has 1 N–H and O–H groups in total. The lowest BCUT2D eigenvalue weighted by Crippen LogP contribution is -2.34. The number of rotatable bonds is 5. The molecule has 0 aliphatic heterocycles. The van der Waals surface area contributed by atoms with Gasteiger partial charge in [-0.1, -0.05) is 54.9 Å². The Hall–Kier alpha value is -0.340.